The number of nitrogens with one attached hydrogen (secondary N) is 1. The van der Waals surface area contributed by atoms with Crippen molar-refractivity contribution < 1.29 is 15.0 Å². The number of unbranched alkanes of at least 4 members (excludes halogenated alkanes) is 6. The molecular weight excluding hydrogens is 278 g/mol. The van der Waals surface area contributed by atoms with Gasteiger partial charge in [0.1, 0.15) is 0 Å². The van der Waals surface area contributed by atoms with Crippen LogP contribution in [0.2, 0.25) is 0 Å². The highest BCUT2D eigenvalue weighted by atomic mass is 16.3. The van der Waals surface area contributed by atoms with Gasteiger partial charge in [0.15, 0.2) is 11.5 Å². The zero-order valence-corrected chi connectivity index (χ0v) is 13.6. The second-order valence-electron chi connectivity index (χ2n) is 5.79. The topological polar surface area (TPSA) is 69.6 Å². The summed E-state index contributed by atoms with van der Waals surface area (Å²) in [6.07, 6.45) is 9.71. The van der Waals surface area contributed by atoms with E-state index in [4.69, 9.17) is 0 Å². The van der Waals surface area contributed by atoms with Crippen molar-refractivity contribution >= 4 is 5.91 Å². The molecule has 1 aromatic rings. The lowest BCUT2D eigenvalue weighted by molar-refractivity contribution is -0.121. The van der Waals surface area contributed by atoms with Gasteiger partial charge in [-0.15, -0.1) is 0 Å². The van der Waals surface area contributed by atoms with Crippen molar-refractivity contribution in [2.75, 3.05) is 6.54 Å². The molecule has 1 aromatic carbocycles. The Bertz CT molecular complexity index is 446. The average Bonchev–Trinajstić information content (AvgIpc) is 2.50. The number of aromatic hydroxyl groups is 2. The minimum absolute atomic E-state index is 0.0940. The Morgan fingerprint density at radius 3 is 2.36 bits per heavy atom. The molecule has 0 spiro atoms. The first-order valence-electron chi connectivity index (χ1n) is 8.41. The van der Waals surface area contributed by atoms with E-state index in [9.17, 15) is 15.0 Å². The summed E-state index contributed by atoms with van der Waals surface area (Å²) in [6, 6.07) is 4.74. The molecule has 1 amide bonds. The van der Waals surface area contributed by atoms with E-state index < -0.39 is 0 Å². The summed E-state index contributed by atoms with van der Waals surface area (Å²) in [5, 5.41) is 21.5. The van der Waals surface area contributed by atoms with Crippen molar-refractivity contribution in [1.82, 2.24) is 5.32 Å². The van der Waals surface area contributed by atoms with E-state index in [-0.39, 0.29) is 17.4 Å². The molecule has 4 nitrogen and oxygen atoms in total. The number of phenolic OH excluding ortho intramolecular Hbond substituents is 2. The van der Waals surface area contributed by atoms with Gasteiger partial charge in [0.05, 0.1) is 0 Å². The van der Waals surface area contributed by atoms with Crippen LogP contribution in [0, 0.1) is 0 Å². The molecule has 4 heteroatoms. The fraction of sp³-hybridized carbons (Fsp3) is 0.611. The molecule has 0 unspecified atom stereocenters. The Morgan fingerprint density at radius 2 is 1.68 bits per heavy atom. The number of rotatable bonds is 11. The number of carbonyl (C=O) groups excluding carboxylic acids is 1. The maximum absolute atomic E-state index is 11.7. The molecule has 124 valence electrons. The molecule has 0 aliphatic rings. The van der Waals surface area contributed by atoms with Crippen LogP contribution in [-0.2, 0) is 11.2 Å². The summed E-state index contributed by atoms with van der Waals surface area (Å²) in [6.45, 7) is 2.77. The van der Waals surface area contributed by atoms with Crippen LogP contribution in [0.4, 0.5) is 0 Å². The summed E-state index contributed by atoms with van der Waals surface area (Å²) in [4.78, 5) is 11.7. The summed E-state index contributed by atoms with van der Waals surface area (Å²) >= 11 is 0. The smallest absolute Gasteiger partial charge is 0.220 e. The summed E-state index contributed by atoms with van der Waals surface area (Å²) in [5.74, 6) is -0.143. The van der Waals surface area contributed by atoms with Crippen molar-refractivity contribution in [3.05, 3.63) is 23.8 Å². The van der Waals surface area contributed by atoms with E-state index >= 15 is 0 Å². The maximum Gasteiger partial charge on any atom is 0.220 e. The molecule has 0 heterocycles. The van der Waals surface area contributed by atoms with E-state index in [1.165, 1.54) is 44.2 Å². The lowest BCUT2D eigenvalue weighted by atomic mass is 10.1. The quantitative estimate of drug-likeness (QED) is 0.429. The van der Waals surface area contributed by atoms with Gasteiger partial charge >= 0.3 is 0 Å². The predicted octanol–water partition coefficient (Wildman–Crippen LogP) is 3.90. The summed E-state index contributed by atoms with van der Waals surface area (Å²) < 4.78 is 0. The van der Waals surface area contributed by atoms with Crippen LogP contribution in [0.15, 0.2) is 18.2 Å². The molecule has 0 saturated heterocycles. The van der Waals surface area contributed by atoms with Gasteiger partial charge in [-0.2, -0.15) is 0 Å². The summed E-state index contributed by atoms with van der Waals surface area (Å²) in [5.41, 5.74) is 0.895. The first-order chi connectivity index (χ1) is 10.6. The van der Waals surface area contributed by atoms with Crippen LogP contribution in [0.3, 0.4) is 0 Å². The van der Waals surface area contributed by atoms with E-state index in [1.807, 2.05) is 0 Å². The van der Waals surface area contributed by atoms with Gasteiger partial charge < -0.3 is 15.5 Å². The standard InChI is InChI=1S/C18H29NO3/c1-2-3-4-5-6-7-8-9-18(22)19-13-12-15-10-11-16(20)17(21)14-15/h10-11,14,20-21H,2-9,12-13H2,1H3,(H,19,22). The van der Waals surface area contributed by atoms with Gasteiger partial charge in [0.25, 0.3) is 0 Å². The third-order valence-electron chi connectivity index (χ3n) is 3.78. The van der Waals surface area contributed by atoms with E-state index in [0.29, 0.717) is 19.4 Å². The van der Waals surface area contributed by atoms with Crippen molar-refractivity contribution in [3.63, 3.8) is 0 Å². The minimum Gasteiger partial charge on any atom is -0.504 e. The van der Waals surface area contributed by atoms with E-state index in [0.717, 1.165) is 18.4 Å². The van der Waals surface area contributed by atoms with Gasteiger partial charge in [-0.1, -0.05) is 51.5 Å². The molecule has 0 atom stereocenters. The van der Waals surface area contributed by atoms with Gasteiger partial charge in [-0.3, -0.25) is 4.79 Å². The number of phenols is 2. The SMILES string of the molecule is CCCCCCCCCC(=O)NCCc1ccc(O)c(O)c1. The molecule has 0 saturated carbocycles. The fourth-order valence-corrected chi connectivity index (χ4v) is 2.40. The number of hydrogen-bond acceptors (Lipinski definition) is 3. The first-order valence-corrected chi connectivity index (χ1v) is 8.41. The highest BCUT2D eigenvalue weighted by molar-refractivity contribution is 5.75. The molecule has 0 fully saturated rings. The van der Waals surface area contributed by atoms with Gasteiger partial charge in [-0.05, 0) is 30.5 Å². The Balaban J connectivity index is 2.04. The number of amides is 1. The molecule has 22 heavy (non-hydrogen) atoms. The van der Waals surface area contributed by atoms with Crippen LogP contribution in [0.5, 0.6) is 11.5 Å². The Morgan fingerprint density at radius 1 is 1.00 bits per heavy atom. The third kappa shape index (κ3) is 7.91. The van der Waals surface area contributed by atoms with Crippen molar-refractivity contribution in [2.24, 2.45) is 0 Å². The molecular formula is C18H29NO3. The van der Waals surface area contributed by atoms with Crippen molar-refractivity contribution in [3.8, 4) is 11.5 Å². The van der Waals surface area contributed by atoms with Crippen LogP contribution in [0.1, 0.15) is 63.9 Å². The first kappa shape index (κ1) is 18.3. The third-order valence-corrected chi connectivity index (χ3v) is 3.78. The maximum atomic E-state index is 11.7. The second kappa shape index (κ2) is 10.9. The lowest BCUT2D eigenvalue weighted by Gasteiger charge is -2.06. The predicted molar refractivity (Wildman–Crippen MR) is 89.1 cm³/mol. The molecule has 1 rings (SSSR count). The zero-order chi connectivity index (χ0) is 16.2. The average molecular weight is 307 g/mol. The Hall–Kier alpha value is -1.71. The van der Waals surface area contributed by atoms with Crippen LogP contribution in [0.25, 0.3) is 0 Å². The van der Waals surface area contributed by atoms with Gasteiger partial charge in [0, 0.05) is 13.0 Å². The Labute approximate surface area is 133 Å². The zero-order valence-electron chi connectivity index (χ0n) is 13.6. The highest BCUT2D eigenvalue weighted by Crippen LogP contribution is 2.24. The largest absolute Gasteiger partial charge is 0.504 e. The molecule has 0 aliphatic carbocycles. The number of benzene rings is 1. The van der Waals surface area contributed by atoms with E-state index in [2.05, 4.69) is 12.2 Å². The van der Waals surface area contributed by atoms with Gasteiger partial charge in [-0.25, -0.2) is 0 Å². The normalized spacial score (nSPS) is 10.6. The van der Waals surface area contributed by atoms with Crippen molar-refractivity contribution in [2.45, 2.75) is 64.7 Å². The van der Waals surface area contributed by atoms with Crippen LogP contribution in [-0.4, -0.2) is 22.7 Å². The fourth-order valence-electron chi connectivity index (χ4n) is 2.40. The number of carbonyl (C=O) groups is 1. The summed E-state index contributed by atoms with van der Waals surface area (Å²) in [7, 11) is 0. The molecule has 0 aromatic heterocycles. The van der Waals surface area contributed by atoms with Crippen LogP contribution < -0.4 is 5.32 Å². The Kier molecular flexibility index (Phi) is 9.12. The molecule has 0 aliphatic heterocycles. The number of hydrogen-bond donors (Lipinski definition) is 3. The van der Waals surface area contributed by atoms with Crippen LogP contribution >= 0.6 is 0 Å². The van der Waals surface area contributed by atoms with Gasteiger partial charge in [0.2, 0.25) is 5.91 Å². The molecule has 3 N–H and O–H groups in total. The second-order valence-corrected chi connectivity index (χ2v) is 5.79. The lowest BCUT2D eigenvalue weighted by Crippen LogP contribution is -2.25. The minimum atomic E-state index is -0.119. The molecule has 0 radical (unpaired) electrons. The molecule has 0 bridgehead atoms. The van der Waals surface area contributed by atoms with E-state index in [1.54, 1.807) is 6.07 Å². The monoisotopic (exact) mass is 307 g/mol. The van der Waals surface area contributed by atoms with Crippen molar-refractivity contribution in [1.29, 1.82) is 0 Å². The highest BCUT2D eigenvalue weighted by Gasteiger charge is 2.03.